The minimum atomic E-state index is -0.679. The highest BCUT2D eigenvalue weighted by molar-refractivity contribution is 7.21. The third-order valence-corrected chi connectivity index (χ3v) is 9.06. The molecule has 1 amide bonds. The Morgan fingerprint density at radius 3 is 2.51 bits per heavy atom. The first-order valence-electron chi connectivity index (χ1n) is 12.6. The molecule has 0 atom stereocenters. The molecule has 0 radical (unpaired) electrons. The van der Waals surface area contributed by atoms with E-state index in [1.54, 1.807) is 29.2 Å². The predicted molar refractivity (Wildman–Crippen MR) is 148 cm³/mol. The zero-order valence-corrected chi connectivity index (χ0v) is 23.0. The van der Waals surface area contributed by atoms with E-state index in [0.29, 0.717) is 28.5 Å². The van der Waals surface area contributed by atoms with Crippen LogP contribution in [-0.4, -0.2) is 42.0 Å². The zero-order chi connectivity index (χ0) is 27.7. The van der Waals surface area contributed by atoms with Gasteiger partial charge in [0, 0.05) is 36.0 Å². The number of fused-ring (bicyclic) bond motifs is 1. The zero-order valence-electron chi connectivity index (χ0n) is 21.4. The second kappa shape index (κ2) is 11.5. The van der Waals surface area contributed by atoms with Crippen LogP contribution in [-0.2, 0) is 6.54 Å². The molecule has 2 aromatic heterocycles. The lowest BCUT2D eigenvalue weighted by Crippen LogP contribution is -2.44. The van der Waals surface area contributed by atoms with E-state index in [1.807, 2.05) is 7.05 Å². The second-order valence-corrected chi connectivity index (χ2v) is 11.0. The van der Waals surface area contributed by atoms with Gasteiger partial charge in [0.1, 0.15) is 28.1 Å². The van der Waals surface area contributed by atoms with Crippen LogP contribution in [0.4, 0.5) is 13.2 Å². The van der Waals surface area contributed by atoms with E-state index in [9.17, 15) is 18.0 Å². The summed E-state index contributed by atoms with van der Waals surface area (Å²) in [6.45, 7) is 0.146. The van der Waals surface area contributed by atoms with Crippen LogP contribution in [0.5, 0.6) is 5.75 Å². The fourth-order valence-electron chi connectivity index (χ4n) is 5.27. The van der Waals surface area contributed by atoms with Crippen molar-refractivity contribution in [2.75, 3.05) is 14.2 Å². The van der Waals surface area contributed by atoms with Crippen LogP contribution >= 0.6 is 22.9 Å². The van der Waals surface area contributed by atoms with Gasteiger partial charge in [-0.05, 0) is 68.6 Å². The number of rotatable bonds is 7. The molecule has 0 aliphatic heterocycles. The molecule has 1 saturated carbocycles. The number of nitrogens with zero attached hydrogens (tertiary/aromatic N) is 2. The van der Waals surface area contributed by atoms with E-state index in [2.05, 4.69) is 10.3 Å². The number of hydrogen-bond donors (Lipinski definition) is 1. The van der Waals surface area contributed by atoms with Crippen molar-refractivity contribution in [3.8, 4) is 16.9 Å². The Bertz CT molecular complexity index is 1520. The van der Waals surface area contributed by atoms with Gasteiger partial charge in [-0.3, -0.25) is 9.78 Å². The minimum absolute atomic E-state index is 0.00920. The summed E-state index contributed by atoms with van der Waals surface area (Å²) in [5.41, 5.74) is 1.66. The van der Waals surface area contributed by atoms with Crippen LogP contribution in [0.3, 0.4) is 0 Å². The summed E-state index contributed by atoms with van der Waals surface area (Å²) in [5, 5.41) is 3.12. The number of amides is 1. The first kappa shape index (κ1) is 27.4. The van der Waals surface area contributed by atoms with Gasteiger partial charge in [-0.2, -0.15) is 0 Å². The molecular formula is C29H27ClF3N3O2S. The van der Waals surface area contributed by atoms with Gasteiger partial charge in [-0.15, -0.1) is 11.3 Å². The van der Waals surface area contributed by atoms with Crippen LogP contribution in [0.25, 0.3) is 21.2 Å². The van der Waals surface area contributed by atoms with Crippen LogP contribution in [0.15, 0.2) is 48.8 Å². The Morgan fingerprint density at radius 2 is 1.85 bits per heavy atom. The van der Waals surface area contributed by atoms with Crippen molar-refractivity contribution in [2.45, 2.75) is 44.3 Å². The highest BCUT2D eigenvalue weighted by Gasteiger charge is 2.33. The number of ether oxygens (including phenoxy) is 1. The van der Waals surface area contributed by atoms with Crippen molar-refractivity contribution in [1.29, 1.82) is 0 Å². The lowest BCUT2D eigenvalue weighted by atomic mass is 9.89. The molecule has 1 fully saturated rings. The van der Waals surface area contributed by atoms with Gasteiger partial charge in [0.2, 0.25) is 0 Å². The summed E-state index contributed by atoms with van der Waals surface area (Å²) < 4.78 is 49.3. The highest BCUT2D eigenvalue weighted by atomic mass is 35.5. The molecule has 0 saturated heterocycles. The molecule has 4 aromatic rings. The summed E-state index contributed by atoms with van der Waals surface area (Å²) in [6, 6.07) is 9.12. The third kappa shape index (κ3) is 5.35. The van der Waals surface area contributed by atoms with E-state index < -0.39 is 23.4 Å². The molecule has 204 valence electrons. The smallest absolute Gasteiger partial charge is 0.266 e. The predicted octanol–water partition coefficient (Wildman–Crippen LogP) is 7.22. The first-order valence-corrected chi connectivity index (χ1v) is 13.8. The SMILES string of the molecule is CNC1CCC(N(Cc2cc(-c3ccncc3F)ccc2OC)C(=O)c2sc3c(F)ccc(F)c3c2Cl)CC1. The number of carbonyl (C=O) groups excluding carboxylic acids is 1. The van der Waals surface area contributed by atoms with Gasteiger partial charge in [0.25, 0.3) is 5.91 Å². The molecule has 0 bridgehead atoms. The number of thiophene rings is 1. The van der Waals surface area contributed by atoms with E-state index in [0.717, 1.165) is 55.3 Å². The normalized spacial score (nSPS) is 17.4. The Labute approximate surface area is 233 Å². The van der Waals surface area contributed by atoms with Crippen molar-refractivity contribution in [3.05, 3.63) is 81.7 Å². The van der Waals surface area contributed by atoms with Gasteiger partial charge < -0.3 is 15.0 Å². The summed E-state index contributed by atoms with van der Waals surface area (Å²) in [6.07, 6.45) is 5.88. The standard InChI is InChI=1S/C29H27ClF3N3O2S/c1-34-18-4-6-19(7-5-18)36(29(37)28-26(30)25-21(31)8-9-22(32)27(25)39-28)15-17-13-16(3-10-24(17)38-2)20-11-12-35-14-23(20)33/h3,8-14,18-19,34H,4-7,15H2,1-2H3. The van der Waals surface area contributed by atoms with Gasteiger partial charge in [0.05, 0.1) is 28.4 Å². The van der Waals surface area contributed by atoms with Crippen LogP contribution in [0.1, 0.15) is 40.9 Å². The van der Waals surface area contributed by atoms with Gasteiger partial charge >= 0.3 is 0 Å². The molecule has 0 unspecified atom stereocenters. The van der Waals surface area contributed by atoms with Crippen LogP contribution < -0.4 is 10.1 Å². The Hall–Kier alpha value is -3.14. The summed E-state index contributed by atoms with van der Waals surface area (Å²) in [5.74, 6) is -1.65. The molecule has 2 heterocycles. The highest BCUT2D eigenvalue weighted by Crippen LogP contribution is 2.40. The number of carbonyl (C=O) groups is 1. The quantitative estimate of drug-likeness (QED) is 0.254. The lowest BCUT2D eigenvalue weighted by molar-refractivity contribution is 0.0604. The number of pyridine rings is 1. The third-order valence-electron chi connectivity index (χ3n) is 7.39. The number of hydrogen-bond acceptors (Lipinski definition) is 5. The maximum Gasteiger partial charge on any atom is 0.266 e. The maximum atomic E-state index is 14.6. The molecule has 1 aliphatic rings. The fourth-order valence-corrected chi connectivity index (χ4v) is 6.78. The lowest BCUT2D eigenvalue weighted by Gasteiger charge is -2.37. The number of nitrogens with one attached hydrogen (secondary N) is 1. The summed E-state index contributed by atoms with van der Waals surface area (Å²) in [7, 11) is 3.45. The largest absolute Gasteiger partial charge is 0.496 e. The topological polar surface area (TPSA) is 54.5 Å². The molecule has 1 N–H and O–H groups in total. The number of methoxy groups -OCH3 is 1. The molecule has 5 nitrogen and oxygen atoms in total. The van der Waals surface area contributed by atoms with Crippen LogP contribution in [0, 0.1) is 17.5 Å². The molecule has 2 aromatic carbocycles. The van der Waals surface area contributed by atoms with Gasteiger partial charge in [-0.1, -0.05) is 17.7 Å². The molecule has 39 heavy (non-hydrogen) atoms. The fraction of sp³-hybridized carbons (Fsp3) is 0.310. The van der Waals surface area contributed by atoms with Crippen LogP contribution in [0.2, 0.25) is 5.02 Å². The van der Waals surface area contributed by atoms with E-state index >= 15 is 0 Å². The number of halogens is 4. The summed E-state index contributed by atoms with van der Waals surface area (Å²) >= 11 is 7.37. The first-order chi connectivity index (χ1) is 18.8. The van der Waals surface area contributed by atoms with E-state index in [4.69, 9.17) is 16.3 Å². The van der Waals surface area contributed by atoms with Crippen molar-refractivity contribution < 1.29 is 22.7 Å². The van der Waals surface area contributed by atoms with E-state index in [-0.39, 0.29) is 32.6 Å². The molecule has 1 aliphatic carbocycles. The number of benzene rings is 2. The summed E-state index contributed by atoms with van der Waals surface area (Å²) in [4.78, 5) is 19.7. The monoisotopic (exact) mass is 573 g/mol. The Balaban J connectivity index is 1.57. The van der Waals surface area contributed by atoms with Crippen molar-refractivity contribution >= 4 is 38.9 Å². The maximum absolute atomic E-state index is 14.6. The van der Waals surface area contributed by atoms with Crippen molar-refractivity contribution in [2.24, 2.45) is 0 Å². The molecular weight excluding hydrogens is 547 g/mol. The second-order valence-electron chi connectivity index (χ2n) is 9.59. The minimum Gasteiger partial charge on any atom is -0.496 e. The van der Waals surface area contributed by atoms with E-state index in [1.165, 1.54) is 13.3 Å². The number of aromatic nitrogens is 1. The Morgan fingerprint density at radius 1 is 1.10 bits per heavy atom. The Kier molecular flexibility index (Phi) is 8.11. The van der Waals surface area contributed by atoms with Crippen molar-refractivity contribution in [1.82, 2.24) is 15.2 Å². The van der Waals surface area contributed by atoms with Gasteiger partial charge in [-0.25, -0.2) is 13.2 Å². The molecule has 10 heteroatoms. The molecule has 5 rings (SSSR count). The van der Waals surface area contributed by atoms with Crippen molar-refractivity contribution in [3.63, 3.8) is 0 Å². The van der Waals surface area contributed by atoms with Gasteiger partial charge in [0.15, 0.2) is 0 Å². The average Bonchev–Trinajstić information content (AvgIpc) is 3.32. The average molecular weight is 574 g/mol. The molecule has 0 spiro atoms.